The standard InChI is InChI=1S/C30H23FN2O/c1-32-26-14-8-7-13-25(26)27(28(32)21-9-3-2-4-10-21)29-23-11-5-6-12-24(23)30(34)33(29)19-20-15-17-22(31)18-16-20/h2-18,29H,19H2,1H3. The average Bonchev–Trinajstić information content (AvgIpc) is 3.32. The molecule has 4 aromatic carbocycles. The molecule has 0 fully saturated rings. The van der Waals surface area contributed by atoms with Crippen LogP contribution in [0.3, 0.4) is 0 Å². The lowest BCUT2D eigenvalue weighted by Gasteiger charge is -2.27. The summed E-state index contributed by atoms with van der Waals surface area (Å²) < 4.78 is 15.8. The van der Waals surface area contributed by atoms with E-state index in [0.717, 1.165) is 44.4 Å². The van der Waals surface area contributed by atoms with E-state index in [-0.39, 0.29) is 17.8 Å². The van der Waals surface area contributed by atoms with Gasteiger partial charge in [0.15, 0.2) is 0 Å². The van der Waals surface area contributed by atoms with Crippen molar-refractivity contribution in [3.8, 4) is 11.3 Å². The topological polar surface area (TPSA) is 25.2 Å². The monoisotopic (exact) mass is 446 g/mol. The zero-order valence-electron chi connectivity index (χ0n) is 18.8. The van der Waals surface area contributed by atoms with Crippen molar-refractivity contribution in [3.05, 3.63) is 131 Å². The Morgan fingerprint density at radius 1 is 0.794 bits per heavy atom. The molecule has 0 saturated heterocycles. The lowest BCUT2D eigenvalue weighted by atomic mass is 9.93. The number of fused-ring (bicyclic) bond motifs is 2. The molecule has 1 unspecified atom stereocenters. The molecule has 1 amide bonds. The molecule has 1 aromatic heterocycles. The maximum atomic E-state index is 13.7. The van der Waals surface area contributed by atoms with Crippen molar-refractivity contribution in [2.45, 2.75) is 12.6 Å². The van der Waals surface area contributed by atoms with Gasteiger partial charge in [-0.3, -0.25) is 4.79 Å². The van der Waals surface area contributed by atoms with Crippen LogP contribution in [0.1, 0.15) is 33.1 Å². The zero-order valence-corrected chi connectivity index (χ0v) is 18.8. The van der Waals surface area contributed by atoms with Gasteiger partial charge in [-0.1, -0.05) is 78.9 Å². The van der Waals surface area contributed by atoms with Crippen LogP contribution < -0.4 is 0 Å². The summed E-state index contributed by atoms with van der Waals surface area (Å²) in [6.45, 7) is 0.399. The number of carbonyl (C=O) groups is 1. The Morgan fingerprint density at radius 2 is 1.47 bits per heavy atom. The van der Waals surface area contributed by atoms with Gasteiger partial charge in [-0.05, 0) is 41.0 Å². The van der Waals surface area contributed by atoms with Crippen LogP contribution >= 0.6 is 0 Å². The van der Waals surface area contributed by atoms with Crippen LogP contribution in [0.25, 0.3) is 22.2 Å². The van der Waals surface area contributed by atoms with Crippen molar-refractivity contribution in [1.82, 2.24) is 9.47 Å². The minimum absolute atomic E-state index is 0.00290. The number of amides is 1. The largest absolute Gasteiger partial charge is 0.343 e. The minimum atomic E-state index is -0.281. The Bertz CT molecular complexity index is 1520. The van der Waals surface area contributed by atoms with Gasteiger partial charge in [0.2, 0.25) is 0 Å². The second-order valence-electron chi connectivity index (χ2n) is 8.75. The highest BCUT2D eigenvalue weighted by molar-refractivity contribution is 6.02. The van der Waals surface area contributed by atoms with E-state index < -0.39 is 0 Å². The van der Waals surface area contributed by atoms with Crippen LogP contribution in [-0.2, 0) is 13.6 Å². The molecule has 1 aliphatic heterocycles. The summed E-state index contributed by atoms with van der Waals surface area (Å²) in [5.41, 5.74) is 7.06. The Kier molecular flexibility index (Phi) is 4.80. The van der Waals surface area contributed by atoms with E-state index in [1.165, 1.54) is 12.1 Å². The molecule has 6 rings (SSSR count). The fourth-order valence-electron chi connectivity index (χ4n) is 5.28. The summed E-state index contributed by atoms with van der Waals surface area (Å²) >= 11 is 0. The fraction of sp³-hybridized carbons (Fsp3) is 0.100. The van der Waals surface area contributed by atoms with Gasteiger partial charge in [-0.15, -0.1) is 0 Å². The number of rotatable bonds is 4. The van der Waals surface area contributed by atoms with E-state index in [1.807, 2.05) is 53.4 Å². The van der Waals surface area contributed by atoms with Crippen molar-refractivity contribution in [1.29, 1.82) is 0 Å². The van der Waals surface area contributed by atoms with Gasteiger partial charge < -0.3 is 9.47 Å². The number of carbonyl (C=O) groups excluding carboxylic acids is 1. The first-order chi connectivity index (χ1) is 16.6. The molecule has 3 nitrogen and oxygen atoms in total. The molecule has 0 N–H and O–H groups in total. The van der Waals surface area contributed by atoms with E-state index in [9.17, 15) is 9.18 Å². The third-order valence-corrected chi connectivity index (χ3v) is 6.79. The van der Waals surface area contributed by atoms with Gasteiger partial charge in [-0.2, -0.15) is 0 Å². The Hall–Kier alpha value is -4.18. The van der Waals surface area contributed by atoms with Gasteiger partial charge in [0.25, 0.3) is 5.91 Å². The van der Waals surface area contributed by atoms with Crippen LogP contribution in [0.15, 0.2) is 103 Å². The lowest BCUT2D eigenvalue weighted by molar-refractivity contribution is 0.0737. The number of hydrogen-bond acceptors (Lipinski definition) is 1. The molecule has 0 saturated carbocycles. The number of para-hydroxylation sites is 1. The van der Waals surface area contributed by atoms with Gasteiger partial charge in [0.1, 0.15) is 5.82 Å². The number of nitrogens with zero attached hydrogens (tertiary/aromatic N) is 2. The number of hydrogen-bond donors (Lipinski definition) is 0. The third-order valence-electron chi connectivity index (χ3n) is 6.79. The average molecular weight is 447 g/mol. The molecular weight excluding hydrogens is 423 g/mol. The normalized spacial score (nSPS) is 15.2. The SMILES string of the molecule is Cn1c(-c2ccccc2)c(C2c3ccccc3C(=O)N2Cc2ccc(F)cc2)c2ccccc21. The first-order valence-corrected chi connectivity index (χ1v) is 11.4. The molecular formula is C30H23FN2O. The molecule has 1 atom stereocenters. The summed E-state index contributed by atoms with van der Waals surface area (Å²) in [7, 11) is 2.08. The first-order valence-electron chi connectivity index (χ1n) is 11.4. The summed E-state index contributed by atoms with van der Waals surface area (Å²) in [5, 5.41) is 1.13. The predicted molar refractivity (Wildman–Crippen MR) is 133 cm³/mol. The summed E-state index contributed by atoms with van der Waals surface area (Å²) in [6.07, 6.45) is 0. The summed E-state index contributed by atoms with van der Waals surface area (Å²) in [5.74, 6) is -0.284. The lowest BCUT2D eigenvalue weighted by Crippen LogP contribution is -2.28. The fourth-order valence-corrected chi connectivity index (χ4v) is 5.28. The van der Waals surface area contributed by atoms with Crippen molar-refractivity contribution in [2.75, 3.05) is 0 Å². The van der Waals surface area contributed by atoms with Gasteiger partial charge in [0, 0.05) is 35.6 Å². The van der Waals surface area contributed by atoms with Crippen LogP contribution in [0, 0.1) is 5.82 Å². The zero-order chi connectivity index (χ0) is 23.2. The highest BCUT2D eigenvalue weighted by atomic mass is 19.1. The Labute approximate surface area is 197 Å². The predicted octanol–water partition coefficient (Wildman–Crippen LogP) is 6.73. The van der Waals surface area contributed by atoms with Crippen molar-refractivity contribution >= 4 is 16.8 Å². The highest BCUT2D eigenvalue weighted by Gasteiger charge is 2.40. The Morgan fingerprint density at radius 3 is 2.26 bits per heavy atom. The summed E-state index contributed by atoms with van der Waals surface area (Å²) in [6, 6.07) is 32.7. The molecule has 5 aromatic rings. The highest BCUT2D eigenvalue weighted by Crippen LogP contribution is 2.46. The van der Waals surface area contributed by atoms with Crippen LogP contribution in [0.2, 0.25) is 0 Å². The second-order valence-corrected chi connectivity index (χ2v) is 8.75. The maximum absolute atomic E-state index is 13.7. The van der Waals surface area contributed by atoms with Crippen LogP contribution in [-0.4, -0.2) is 15.4 Å². The van der Waals surface area contributed by atoms with E-state index in [2.05, 4.69) is 41.9 Å². The van der Waals surface area contributed by atoms with E-state index in [0.29, 0.717) is 6.54 Å². The smallest absolute Gasteiger partial charge is 0.255 e. The molecule has 4 heteroatoms. The molecule has 0 aliphatic carbocycles. The third kappa shape index (κ3) is 3.14. The Balaban J connectivity index is 1.62. The van der Waals surface area contributed by atoms with Crippen LogP contribution in [0.5, 0.6) is 0 Å². The number of halogens is 1. The molecule has 166 valence electrons. The van der Waals surface area contributed by atoms with Gasteiger partial charge in [-0.25, -0.2) is 4.39 Å². The molecule has 34 heavy (non-hydrogen) atoms. The minimum Gasteiger partial charge on any atom is -0.343 e. The maximum Gasteiger partial charge on any atom is 0.255 e. The number of aryl methyl sites for hydroxylation is 1. The second kappa shape index (κ2) is 7.99. The van der Waals surface area contributed by atoms with Crippen molar-refractivity contribution in [3.63, 3.8) is 0 Å². The number of benzene rings is 4. The molecule has 0 radical (unpaired) electrons. The molecule has 2 heterocycles. The van der Waals surface area contributed by atoms with Gasteiger partial charge >= 0.3 is 0 Å². The molecule has 0 bridgehead atoms. The molecule has 1 aliphatic rings. The first kappa shape index (κ1) is 20.4. The summed E-state index contributed by atoms with van der Waals surface area (Å²) in [4.78, 5) is 15.6. The van der Waals surface area contributed by atoms with Crippen molar-refractivity contribution < 1.29 is 9.18 Å². The number of aromatic nitrogens is 1. The van der Waals surface area contributed by atoms with Crippen molar-refractivity contribution in [2.24, 2.45) is 7.05 Å². The molecule has 0 spiro atoms. The van der Waals surface area contributed by atoms with E-state index in [1.54, 1.807) is 12.1 Å². The van der Waals surface area contributed by atoms with Gasteiger partial charge in [0.05, 0.1) is 11.7 Å². The quantitative estimate of drug-likeness (QED) is 0.300. The van der Waals surface area contributed by atoms with Crippen LogP contribution in [0.4, 0.5) is 4.39 Å². The van der Waals surface area contributed by atoms with E-state index in [4.69, 9.17) is 0 Å². The van der Waals surface area contributed by atoms with E-state index >= 15 is 0 Å².